The first-order chi connectivity index (χ1) is 13.8. The van der Waals surface area contributed by atoms with Crippen LogP contribution in [0.15, 0.2) is 60.9 Å². The molecule has 2 aromatic carbocycles. The van der Waals surface area contributed by atoms with E-state index in [1.165, 1.54) is 30.6 Å². The number of hydrogen-bond acceptors (Lipinski definition) is 6. The van der Waals surface area contributed by atoms with Crippen LogP contribution < -0.4 is 14.8 Å². The van der Waals surface area contributed by atoms with Crippen molar-refractivity contribution in [2.24, 2.45) is 0 Å². The van der Waals surface area contributed by atoms with Gasteiger partial charge in [-0.15, -0.1) is 13.2 Å². The van der Waals surface area contributed by atoms with Gasteiger partial charge in [0, 0.05) is 18.2 Å². The number of nitrogens with zero attached hydrogens (tertiary/aromatic N) is 2. The highest BCUT2D eigenvalue weighted by molar-refractivity contribution is 5.62. The molecule has 0 saturated carbocycles. The van der Waals surface area contributed by atoms with E-state index in [-0.39, 0.29) is 12.3 Å². The second-order valence-corrected chi connectivity index (χ2v) is 6.03. The summed E-state index contributed by atoms with van der Waals surface area (Å²) in [7, 11) is 1.55. The summed E-state index contributed by atoms with van der Waals surface area (Å²) in [6.07, 6.45) is -4.20. The fourth-order valence-electron chi connectivity index (χ4n) is 2.61. The summed E-state index contributed by atoms with van der Waals surface area (Å²) in [4.78, 5) is 8.23. The Balaban J connectivity index is 1.66. The number of benzene rings is 2. The Morgan fingerprint density at radius 3 is 2.48 bits per heavy atom. The Hall–Kier alpha value is -3.33. The number of rotatable bonds is 7. The molecular formula is C20H18F3N3O3. The monoisotopic (exact) mass is 405 g/mol. The van der Waals surface area contributed by atoms with Crippen LogP contribution in [-0.2, 0) is 0 Å². The van der Waals surface area contributed by atoms with E-state index in [2.05, 4.69) is 20.0 Å². The van der Waals surface area contributed by atoms with Crippen LogP contribution in [-0.4, -0.2) is 35.1 Å². The maximum Gasteiger partial charge on any atom is 0.573 e. The largest absolute Gasteiger partial charge is 0.573 e. The summed E-state index contributed by atoms with van der Waals surface area (Å²) < 4.78 is 45.8. The Morgan fingerprint density at radius 1 is 1.03 bits per heavy atom. The molecule has 0 bridgehead atoms. The molecule has 0 radical (unpaired) electrons. The zero-order valence-corrected chi connectivity index (χ0v) is 15.3. The van der Waals surface area contributed by atoms with E-state index in [1.807, 2.05) is 0 Å². The molecule has 1 aromatic heterocycles. The van der Waals surface area contributed by atoms with Crippen LogP contribution >= 0.6 is 0 Å². The maximum absolute atomic E-state index is 12.3. The van der Waals surface area contributed by atoms with Crippen LogP contribution in [0, 0.1) is 0 Å². The smallest absolute Gasteiger partial charge is 0.497 e. The van der Waals surface area contributed by atoms with Crippen LogP contribution in [0.1, 0.15) is 11.7 Å². The van der Waals surface area contributed by atoms with Gasteiger partial charge in [0.15, 0.2) is 0 Å². The fourth-order valence-corrected chi connectivity index (χ4v) is 2.61. The molecule has 0 saturated heterocycles. The molecule has 3 rings (SSSR count). The zero-order chi connectivity index (χ0) is 20.9. The first-order valence-electron chi connectivity index (χ1n) is 8.58. The minimum Gasteiger partial charge on any atom is -0.497 e. The lowest BCUT2D eigenvalue weighted by Gasteiger charge is -2.14. The van der Waals surface area contributed by atoms with Crippen molar-refractivity contribution in [3.05, 3.63) is 66.5 Å². The highest BCUT2D eigenvalue weighted by atomic mass is 19.4. The molecule has 0 fully saturated rings. The lowest BCUT2D eigenvalue weighted by atomic mass is 10.1. The highest BCUT2D eigenvalue weighted by Crippen LogP contribution is 2.26. The van der Waals surface area contributed by atoms with Gasteiger partial charge in [0.1, 0.15) is 23.6 Å². The number of hydrogen-bond donors (Lipinski definition) is 2. The van der Waals surface area contributed by atoms with Crippen LogP contribution in [0.3, 0.4) is 0 Å². The average Bonchev–Trinajstić information content (AvgIpc) is 2.71. The van der Waals surface area contributed by atoms with Gasteiger partial charge in [0.2, 0.25) is 0 Å². The molecule has 0 amide bonds. The van der Waals surface area contributed by atoms with Gasteiger partial charge in [-0.3, -0.25) is 0 Å². The molecule has 0 spiro atoms. The van der Waals surface area contributed by atoms with Crippen molar-refractivity contribution in [1.82, 2.24) is 9.97 Å². The lowest BCUT2D eigenvalue weighted by molar-refractivity contribution is -0.274. The predicted octanol–water partition coefficient (Wildman–Crippen LogP) is 4.20. The van der Waals surface area contributed by atoms with E-state index < -0.39 is 12.5 Å². The van der Waals surface area contributed by atoms with Crippen molar-refractivity contribution < 1.29 is 27.8 Å². The normalized spacial score (nSPS) is 12.3. The number of alkyl halides is 3. The molecule has 0 aliphatic heterocycles. The summed E-state index contributed by atoms with van der Waals surface area (Å²) in [5.41, 5.74) is 1.79. The average molecular weight is 405 g/mol. The van der Waals surface area contributed by atoms with Gasteiger partial charge in [-0.25, -0.2) is 9.97 Å². The van der Waals surface area contributed by atoms with E-state index in [0.717, 1.165) is 0 Å². The van der Waals surface area contributed by atoms with Crippen LogP contribution in [0.2, 0.25) is 0 Å². The zero-order valence-electron chi connectivity index (χ0n) is 15.3. The number of halogens is 3. The van der Waals surface area contributed by atoms with Crippen molar-refractivity contribution in [1.29, 1.82) is 0 Å². The second-order valence-electron chi connectivity index (χ2n) is 6.03. The highest BCUT2D eigenvalue weighted by Gasteiger charge is 2.30. The molecule has 6 nitrogen and oxygen atoms in total. The number of methoxy groups -OCH3 is 1. The molecule has 152 valence electrons. The van der Waals surface area contributed by atoms with Gasteiger partial charge in [0.25, 0.3) is 0 Å². The SMILES string of the molecule is COc1cccc(C(O)CNc2cc(-c3ccc(OC(F)(F)F)cc3)ncn2)c1. The van der Waals surface area contributed by atoms with Crippen molar-refractivity contribution in [2.75, 3.05) is 19.0 Å². The van der Waals surface area contributed by atoms with E-state index in [9.17, 15) is 18.3 Å². The van der Waals surface area contributed by atoms with Crippen molar-refractivity contribution >= 4 is 5.82 Å². The third-order valence-electron chi connectivity index (χ3n) is 4.01. The fraction of sp³-hybridized carbons (Fsp3) is 0.200. The molecule has 1 heterocycles. The molecule has 9 heteroatoms. The summed E-state index contributed by atoms with van der Waals surface area (Å²) in [5, 5.41) is 13.4. The number of aliphatic hydroxyl groups is 1. The van der Waals surface area contributed by atoms with Crippen LogP contribution in [0.25, 0.3) is 11.3 Å². The van der Waals surface area contributed by atoms with Crippen LogP contribution in [0.5, 0.6) is 11.5 Å². The third-order valence-corrected chi connectivity index (χ3v) is 4.01. The summed E-state index contributed by atoms with van der Waals surface area (Å²) in [5.74, 6) is 0.798. The van der Waals surface area contributed by atoms with E-state index in [0.29, 0.717) is 28.4 Å². The molecule has 1 atom stereocenters. The topological polar surface area (TPSA) is 76.5 Å². The van der Waals surface area contributed by atoms with Crippen molar-refractivity contribution in [3.8, 4) is 22.8 Å². The molecule has 29 heavy (non-hydrogen) atoms. The molecule has 0 aliphatic carbocycles. The molecule has 3 aromatic rings. The predicted molar refractivity (Wildman–Crippen MR) is 101 cm³/mol. The minimum atomic E-state index is -4.74. The van der Waals surface area contributed by atoms with Gasteiger partial charge in [-0.05, 0) is 42.0 Å². The first-order valence-corrected chi connectivity index (χ1v) is 8.58. The number of anilines is 1. The Bertz CT molecular complexity index is 949. The second kappa shape index (κ2) is 8.78. The van der Waals surface area contributed by atoms with Gasteiger partial charge < -0.3 is 19.9 Å². The van der Waals surface area contributed by atoms with Gasteiger partial charge >= 0.3 is 6.36 Å². The molecule has 0 aliphatic rings. The van der Waals surface area contributed by atoms with Gasteiger partial charge in [-0.2, -0.15) is 0 Å². The number of aliphatic hydroxyl groups excluding tert-OH is 1. The van der Waals surface area contributed by atoms with Gasteiger partial charge in [0.05, 0.1) is 18.9 Å². The summed E-state index contributed by atoms with van der Waals surface area (Å²) in [6, 6.07) is 14.1. The number of aromatic nitrogens is 2. The lowest BCUT2D eigenvalue weighted by Crippen LogP contribution is -2.16. The molecular weight excluding hydrogens is 387 g/mol. The number of nitrogens with one attached hydrogen (secondary N) is 1. The molecule has 1 unspecified atom stereocenters. The van der Waals surface area contributed by atoms with E-state index in [1.54, 1.807) is 37.4 Å². The number of ether oxygens (including phenoxy) is 2. The quantitative estimate of drug-likeness (QED) is 0.614. The summed E-state index contributed by atoms with van der Waals surface area (Å²) in [6.45, 7) is 0.196. The third kappa shape index (κ3) is 5.82. The van der Waals surface area contributed by atoms with E-state index in [4.69, 9.17) is 4.74 Å². The maximum atomic E-state index is 12.3. The van der Waals surface area contributed by atoms with Gasteiger partial charge in [-0.1, -0.05) is 12.1 Å². The summed E-state index contributed by atoms with van der Waals surface area (Å²) >= 11 is 0. The van der Waals surface area contributed by atoms with Crippen LogP contribution in [0.4, 0.5) is 19.0 Å². The Kier molecular flexibility index (Phi) is 6.18. The Morgan fingerprint density at radius 2 is 1.79 bits per heavy atom. The standard InChI is InChI=1S/C20H18F3N3O3/c1-28-16-4-2-3-14(9-16)18(27)11-24-19-10-17(25-12-26-19)13-5-7-15(8-6-13)29-20(21,22)23/h2-10,12,18,27H,11H2,1H3,(H,24,25,26). The van der Waals surface area contributed by atoms with Crippen molar-refractivity contribution in [2.45, 2.75) is 12.5 Å². The molecule has 2 N–H and O–H groups in total. The van der Waals surface area contributed by atoms with Crippen molar-refractivity contribution in [3.63, 3.8) is 0 Å². The Labute approximate surface area is 165 Å². The first kappa shape index (κ1) is 20.4. The van der Waals surface area contributed by atoms with E-state index >= 15 is 0 Å². The minimum absolute atomic E-state index is 0.196.